The zero-order valence-corrected chi connectivity index (χ0v) is 22.5. The molecule has 194 valence electrons. The molecule has 4 atom stereocenters. The molecule has 4 aromatic rings. The molecule has 0 saturated carbocycles. The molecule has 1 saturated heterocycles. The van der Waals surface area contributed by atoms with Gasteiger partial charge in [-0.2, -0.15) is 4.31 Å². The Bertz CT molecular complexity index is 1480. The summed E-state index contributed by atoms with van der Waals surface area (Å²) in [6.45, 7) is 3.21. The number of piperazine rings is 1. The fraction of sp³-hybridized carbons (Fsp3) is 0.320. The van der Waals surface area contributed by atoms with E-state index in [1.54, 1.807) is 67.8 Å². The predicted molar refractivity (Wildman–Crippen MR) is 144 cm³/mol. The van der Waals surface area contributed by atoms with Gasteiger partial charge in [0, 0.05) is 53.2 Å². The van der Waals surface area contributed by atoms with E-state index < -0.39 is 34.3 Å². The van der Waals surface area contributed by atoms with Crippen molar-refractivity contribution in [1.82, 2.24) is 19.3 Å². The molecule has 4 heterocycles. The molecule has 1 aliphatic heterocycles. The van der Waals surface area contributed by atoms with Gasteiger partial charge in [0.1, 0.15) is 4.21 Å². The maximum absolute atomic E-state index is 13.7. The number of aliphatic hydroxyl groups excluding tert-OH is 2. The Morgan fingerprint density at radius 3 is 2.19 bits per heavy atom. The third-order valence-electron chi connectivity index (χ3n) is 6.55. The average Bonchev–Trinajstić information content (AvgIpc) is 3.32. The van der Waals surface area contributed by atoms with Crippen molar-refractivity contribution >= 4 is 49.0 Å². The van der Waals surface area contributed by atoms with Crippen molar-refractivity contribution in [2.24, 2.45) is 0 Å². The zero-order chi connectivity index (χ0) is 26.3. The molecule has 1 fully saturated rings. The van der Waals surface area contributed by atoms with Gasteiger partial charge in [0.15, 0.2) is 0 Å². The molecular formula is C25H26ClN5O4S2. The van der Waals surface area contributed by atoms with E-state index in [1.165, 1.54) is 4.31 Å². The number of hydrogen-bond donors (Lipinski definition) is 2. The van der Waals surface area contributed by atoms with Gasteiger partial charge in [-0.3, -0.25) is 4.98 Å². The van der Waals surface area contributed by atoms with Gasteiger partial charge in [0.25, 0.3) is 10.0 Å². The van der Waals surface area contributed by atoms with Crippen LogP contribution in [-0.2, 0) is 10.0 Å². The number of sulfonamides is 1. The van der Waals surface area contributed by atoms with E-state index in [1.807, 2.05) is 12.1 Å². The van der Waals surface area contributed by atoms with Crippen LogP contribution in [0.4, 0.5) is 5.95 Å². The number of rotatable bonds is 6. The third-order valence-corrected chi connectivity index (χ3v) is 10.2. The quantitative estimate of drug-likeness (QED) is 0.369. The van der Waals surface area contributed by atoms with Crippen LogP contribution in [0.5, 0.6) is 0 Å². The maximum atomic E-state index is 13.7. The smallest absolute Gasteiger partial charge is 0.252 e. The number of fused-ring (bicyclic) bond motifs is 1. The van der Waals surface area contributed by atoms with Crippen molar-refractivity contribution < 1.29 is 18.6 Å². The average molecular weight is 560 g/mol. The molecule has 12 heteroatoms. The molecule has 0 amide bonds. The van der Waals surface area contributed by atoms with Crippen LogP contribution < -0.4 is 4.90 Å². The van der Waals surface area contributed by atoms with Crippen molar-refractivity contribution in [2.45, 2.75) is 42.3 Å². The lowest BCUT2D eigenvalue weighted by molar-refractivity contribution is 0.0811. The Morgan fingerprint density at radius 2 is 1.59 bits per heavy atom. The number of benzene rings is 1. The molecule has 0 spiro atoms. The van der Waals surface area contributed by atoms with Gasteiger partial charge >= 0.3 is 0 Å². The summed E-state index contributed by atoms with van der Waals surface area (Å²) in [5.74, 6) is 0.308. The minimum atomic E-state index is -3.90. The molecular weight excluding hydrogens is 534 g/mol. The van der Waals surface area contributed by atoms with Gasteiger partial charge in [-0.25, -0.2) is 18.4 Å². The van der Waals surface area contributed by atoms with Crippen molar-refractivity contribution in [3.05, 3.63) is 66.2 Å². The second kappa shape index (κ2) is 10.2. The highest BCUT2D eigenvalue weighted by atomic mass is 35.5. The van der Waals surface area contributed by atoms with Gasteiger partial charge < -0.3 is 15.1 Å². The first kappa shape index (κ1) is 26.0. The second-order valence-corrected chi connectivity index (χ2v) is 12.8. The Hall–Kier alpha value is -2.67. The minimum absolute atomic E-state index is 0.00763. The highest BCUT2D eigenvalue weighted by molar-refractivity contribution is 7.91. The summed E-state index contributed by atoms with van der Waals surface area (Å²) in [6, 6.07) is 9.21. The van der Waals surface area contributed by atoms with E-state index in [2.05, 4.69) is 15.0 Å². The topological polar surface area (TPSA) is 120 Å². The lowest BCUT2D eigenvalue weighted by Crippen LogP contribution is -2.66. The fourth-order valence-corrected chi connectivity index (χ4v) is 7.86. The summed E-state index contributed by atoms with van der Waals surface area (Å²) in [5.41, 5.74) is 1.70. The first-order chi connectivity index (χ1) is 17.6. The summed E-state index contributed by atoms with van der Waals surface area (Å²) < 4.78 is 29.7. The molecule has 4 unspecified atom stereocenters. The Balaban J connectivity index is 1.48. The number of nitrogens with zero attached hydrogens (tertiary/aromatic N) is 5. The largest absolute Gasteiger partial charge is 0.391 e. The summed E-state index contributed by atoms with van der Waals surface area (Å²) in [4.78, 5) is 14.8. The number of hydrogen-bond acceptors (Lipinski definition) is 9. The van der Waals surface area contributed by atoms with Crippen LogP contribution in [0.15, 0.2) is 65.4 Å². The van der Waals surface area contributed by atoms with Crippen LogP contribution in [0.3, 0.4) is 0 Å². The number of thiophene rings is 1. The van der Waals surface area contributed by atoms with Gasteiger partial charge in [0.05, 0.1) is 24.3 Å². The second-order valence-electron chi connectivity index (χ2n) is 9.10. The summed E-state index contributed by atoms with van der Waals surface area (Å²) in [5, 5.41) is 22.8. The molecule has 0 bridgehead atoms. The molecule has 2 N–H and O–H groups in total. The lowest BCUT2D eigenvalue weighted by Gasteiger charge is -2.48. The van der Waals surface area contributed by atoms with Crippen LogP contribution in [-0.4, -0.2) is 75.3 Å². The van der Waals surface area contributed by atoms with Crippen molar-refractivity contribution in [3.8, 4) is 11.1 Å². The SMILES string of the molecule is CC(O)C1CN(S(=O)(=O)c2cc3ccc(Cl)cc3s2)CC(C(C)O)N1c1ncc(-c2ccncc2)cn1. The summed E-state index contributed by atoms with van der Waals surface area (Å²) in [6.07, 6.45) is 4.85. The van der Waals surface area contributed by atoms with E-state index in [0.29, 0.717) is 11.0 Å². The standard InChI is InChI=1S/C25H26ClN5O4S2/c1-15(32)21-13-30(37(34,35)24-9-18-3-4-20(26)10-23(18)36-24)14-22(16(2)33)31(21)25-28-11-19(12-29-25)17-5-7-27-8-6-17/h3-12,15-16,21-22,32-33H,13-14H2,1-2H3. The van der Waals surface area contributed by atoms with Gasteiger partial charge in [-0.15, -0.1) is 11.3 Å². The Labute approximate surface area is 224 Å². The number of halogens is 1. The third kappa shape index (κ3) is 5.07. The number of pyridine rings is 1. The van der Waals surface area contributed by atoms with Gasteiger partial charge in [0.2, 0.25) is 5.95 Å². The molecule has 0 aliphatic carbocycles. The molecule has 9 nitrogen and oxygen atoms in total. The minimum Gasteiger partial charge on any atom is -0.391 e. The van der Waals surface area contributed by atoms with Crippen LogP contribution in [0.1, 0.15) is 13.8 Å². The maximum Gasteiger partial charge on any atom is 0.252 e. The highest BCUT2D eigenvalue weighted by Crippen LogP contribution is 2.35. The molecule has 37 heavy (non-hydrogen) atoms. The molecule has 1 aromatic carbocycles. The van der Waals surface area contributed by atoms with Crippen LogP contribution >= 0.6 is 22.9 Å². The first-order valence-electron chi connectivity index (χ1n) is 11.7. The highest BCUT2D eigenvalue weighted by Gasteiger charge is 2.44. The number of aromatic nitrogens is 3. The normalized spacial score (nSPS) is 20.7. The molecule has 3 aromatic heterocycles. The summed E-state index contributed by atoms with van der Waals surface area (Å²) in [7, 11) is -3.90. The number of anilines is 1. The fourth-order valence-electron chi connectivity index (χ4n) is 4.56. The summed E-state index contributed by atoms with van der Waals surface area (Å²) >= 11 is 7.23. The van der Waals surface area contributed by atoms with E-state index in [-0.39, 0.29) is 17.3 Å². The van der Waals surface area contributed by atoms with Crippen LogP contribution in [0, 0.1) is 0 Å². The van der Waals surface area contributed by atoms with E-state index in [4.69, 9.17) is 11.6 Å². The first-order valence-corrected chi connectivity index (χ1v) is 14.3. The Kier molecular flexibility index (Phi) is 7.18. The molecule has 1 aliphatic rings. The van der Waals surface area contributed by atoms with Crippen LogP contribution in [0.25, 0.3) is 21.2 Å². The monoisotopic (exact) mass is 559 g/mol. The van der Waals surface area contributed by atoms with E-state index in [9.17, 15) is 18.6 Å². The van der Waals surface area contributed by atoms with Crippen LogP contribution in [0.2, 0.25) is 5.02 Å². The molecule has 0 radical (unpaired) electrons. The van der Waals surface area contributed by atoms with Crippen molar-refractivity contribution in [3.63, 3.8) is 0 Å². The van der Waals surface area contributed by atoms with E-state index >= 15 is 0 Å². The van der Waals surface area contributed by atoms with Crippen molar-refractivity contribution in [2.75, 3.05) is 18.0 Å². The van der Waals surface area contributed by atoms with Gasteiger partial charge in [-0.1, -0.05) is 17.7 Å². The lowest BCUT2D eigenvalue weighted by atomic mass is 10.0. The number of aliphatic hydroxyl groups is 2. The van der Waals surface area contributed by atoms with Gasteiger partial charge in [-0.05, 0) is 55.1 Å². The predicted octanol–water partition coefficient (Wildman–Crippen LogP) is 3.42. The Morgan fingerprint density at radius 1 is 0.973 bits per heavy atom. The molecule has 5 rings (SSSR count). The van der Waals surface area contributed by atoms with E-state index in [0.717, 1.165) is 32.5 Å². The zero-order valence-electron chi connectivity index (χ0n) is 20.1. The van der Waals surface area contributed by atoms with Crippen molar-refractivity contribution in [1.29, 1.82) is 0 Å².